The first-order valence-corrected chi connectivity index (χ1v) is 10.5. The summed E-state index contributed by atoms with van der Waals surface area (Å²) in [5.74, 6) is 0.650. The largest absolute Gasteiger partial charge is 0.360 e. The maximum Gasteiger partial charge on any atom is 0.196 e. The highest BCUT2D eigenvalue weighted by Gasteiger charge is 2.22. The van der Waals surface area contributed by atoms with Crippen LogP contribution in [0.2, 0.25) is 0 Å². The molecular weight excluding hydrogens is 401 g/mol. The topological polar surface area (TPSA) is 66.8 Å². The van der Waals surface area contributed by atoms with Gasteiger partial charge in [0.1, 0.15) is 5.82 Å². The Morgan fingerprint density at radius 1 is 1.17 bits per heavy atom. The summed E-state index contributed by atoms with van der Waals surface area (Å²) in [6.07, 6.45) is 1.75. The van der Waals surface area contributed by atoms with Crippen LogP contribution in [0.1, 0.15) is 29.1 Å². The molecule has 0 bridgehead atoms. The van der Waals surface area contributed by atoms with Crippen LogP contribution in [0.5, 0.6) is 0 Å². The van der Waals surface area contributed by atoms with Crippen molar-refractivity contribution in [3.8, 4) is 5.69 Å². The number of hydrogen-bond acceptors (Lipinski definition) is 5. The molecule has 1 N–H and O–H groups in total. The van der Waals surface area contributed by atoms with Crippen LogP contribution in [0.25, 0.3) is 16.6 Å². The molecular formula is C22H22FN5OS. The number of carbonyl (C=O) groups is 1. The minimum Gasteiger partial charge on any atom is -0.360 e. The molecule has 0 aliphatic carbocycles. The van der Waals surface area contributed by atoms with Gasteiger partial charge >= 0.3 is 0 Å². The summed E-state index contributed by atoms with van der Waals surface area (Å²) in [5, 5.41) is 10.2. The molecule has 8 heteroatoms. The molecule has 2 heterocycles. The van der Waals surface area contributed by atoms with Crippen LogP contribution >= 0.6 is 11.8 Å². The van der Waals surface area contributed by atoms with Crippen LogP contribution in [-0.2, 0) is 0 Å². The van der Waals surface area contributed by atoms with Gasteiger partial charge < -0.3 is 4.98 Å². The molecule has 0 saturated carbocycles. The van der Waals surface area contributed by atoms with Crippen molar-refractivity contribution in [2.75, 3.05) is 19.8 Å². The van der Waals surface area contributed by atoms with E-state index in [0.29, 0.717) is 10.7 Å². The van der Waals surface area contributed by atoms with E-state index in [2.05, 4.69) is 15.2 Å². The summed E-state index contributed by atoms with van der Waals surface area (Å²) in [6.45, 7) is 2.02. The number of aromatic nitrogens is 4. The number of Topliss-reactive ketones (excluding diaryl/α,β-unsaturated/α-hetero) is 1. The van der Waals surface area contributed by atoms with Crippen LogP contribution in [0.15, 0.2) is 59.9 Å². The maximum absolute atomic E-state index is 13.5. The van der Waals surface area contributed by atoms with E-state index in [1.165, 1.54) is 23.9 Å². The van der Waals surface area contributed by atoms with Crippen LogP contribution in [0.4, 0.5) is 4.39 Å². The van der Waals surface area contributed by atoms with Gasteiger partial charge in [0, 0.05) is 28.4 Å². The van der Waals surface area contributed by atoms with Gasteiger partial charge in [-0.25, -0.2) is 4.39 Å². The van der Waals surface area contributed by atoms with Gasteiger partial charge in [0.15, 0.2) is 16.8 Å². The minimum atomic E-state index is -0.308. The third-order valence-corrected chi connectivity index (χ3v) is 6.04. The molecule has 2 aromatic heterocycles. The molecule has 154 valence electrons. The number of para-hydroxylation sites is 1. The molecule has 2 aromatic carbocycles. The monoisotopic (exact) mass is 423 g/mol. The number of carbonyl (C=O) groups excluding carboxylic acids is 1. The van der Waals surface area contributed by atoms with Crippen molar-refractivity contribution in [1.29, 1.82) is 0 Å². The molecule has 0 aliphatic heterocycles. The van der Waals surface area contributed by atoms with E-state index < -0.39 is 0 Å². The molecule has 30 heavy (non-hydrogen) atoms. The van der Waals surface area contributed by atoms with Gasteiger partial charge in [-0.3, -0.25) is 14.3 Å². The fraction of sp³-hybridized carbons (Fsp3) is 0.227. The first kappa shape index (κ1) is 20.3. The van der Waals surface area contributed by atoms with Crippen molar-refractivity contribution < 1.29 is 9.18 Å². The number of nitrogens with zero attached hydrogens (tertiary/aromatic N) is 4. The molecule has 0 aliphatic rings. The number of hydrogen-bond donors (Lipinski definition) is 1. The second-order valence-corrected chi connectivity index (χ2v) is 8.19. The van der Waals surface area contributed by atoms with Crippen molar-refractivity contribution in [2.24, 2.45) is 0 Å². The Morgan fingerprint density at radius 3 is 2.63 bits per heavy atom. The van der Waals surface area contributed by atoms with Crippen molar-refractivity contribution in [2.45, 2.75) is 18.1 Å². The SMILES string of the molecule is CC(c1nnc(SCC(=O)c2c[nH]c3ccccc23)n1-c1ccc(F)cc1)N(C)C. The second-order valence-electron chi connectivity index (χ2n) is 7.25. The molecule has 0 amide bonds. The van der Waals surface area contributed by atoms with Gasteiger partial charge in [-0.1, -0.05) is 30.0 Å². The number of rotatable bonds is 7. The molecule has 4 aromatic rings. The molecule has 1 unspecified atom stereocenters. The summed E-state index contributed by atoms with van der Waals surface area (Å²) in [4.78, 5) is 18.0. The second kappa shape index (κ2) is 8.41. The van der Waals surface area contributed by atoms with Gasteiger partial charge in [-0.15, -0.1) is 10.2 Å². The van der Waals surface area contributed by atoms with Gasteiger partial charge in [-0.05, 0) is 51.4 Å². The number of ketones is 1. The zero-order valence-electron chi connectivity index (χ0n) is 17.0. The number of benzene rings is 2. The number of nitrogens with one attached hydrogen (secondary N) is 1. The van der Waals surface area contributed by atoms with Gasteiger partial charge in [0.25, 0.3) is 0 Å². The Kier molecular flexibility index (Phi) is 5.69. The number of halogens is 1. The lowest BCUT2D eigenvalue weighted by Crippen LogP contribution is -2.20. The quantitative estimate of drug-likeness (QED) is 0.351. The molecule has 6 nitrogen and oxygen atoms in total. The summed E-state index contributed by atoms with van der Waals surface area (Å²) >= 11 is 1.32. The Labute approximate surface area is 178 Å². The number of fused-ring (bicyclic) bond motifs is 1. The smallest absolute Gasteiger partial charge is 0.196 e. The molecule has 1 atom stereocenters. The standard InChI is InChI=1S/C22H22FN5OS/c1-14(27(2)3)21-25-26-22(28(21)16-10-8-15(23)9-11-16)30-13-20(29)18-12-24-19-7-5-4-6-17(18)19/h4-12,14,24H,13H2,1-3H3. The van der Waals surface area contributed by atoms with Crippen molar-refractivity contribution in [1.82, 2.24) is 24.6 Å². The minimum absolute atomic E-state index is 0.00770. The average molecular weight is 424 g/mol. The third-order valence-electron chi connectivity index (χ3n) is 5.11. The molecule has 0 fully saturated rings. The predicted octanol–water partition coefficient (Wildman–Crippen LogP) is 4.49. The normalized spacial score (nSPS) is 12.6. The van der Waals surface area contributed by atoms with E-state index in [1.54, 1.807) is 18.3 Å². The Hall–Kier alpha value is -2.97. The Morgan fingerprint density at radius 2 is 1.90 bits per heavy atom. The van der Waals surface area contributed by atoms with Crippen LogP contribution in [0, 0.1) is 5.82 Å². The first-order valence-electron chi connectivity index (χ1n) is 9.55. The van der Waals surface area contributed by atoms with E-state index in [4.69, 9.17) is 0 Å². The first-order chi connectivity index (χ1) is 14.5. The lowest BCUT2D eigenvalue weighted by atomic mass is 10.1. The van der Waals surface area contributed by atoms with Crippen molar-refractivity contribution >= 4 is 28.4 Å². The highest BCUT2D eigenvalue weighted by atomic mass is 32.2. The van der Waals surface area contributed by atoms with E-state index in [9.17, 15) is 9.18 Å². The maximum atomic E-state index is 13.5. The Balaban J connectivity index is 1.64. The lowest BCUT2D eigenvalue weighted by Gasteiger charge is -2.20. The number of aromatic amines is 1. The van der Waals surface area contributed by atoms with Crippen molar-refractivity contribution in [3.63, 3.8) is 0 Å². The van der Waals surface area contributed by atoms with E-state index in [1.807, 2.05) is 54.8 Å². The summed E-state index contributed by atoms with van der Waals surface area (Å²) in [7, 11) is 3.92. The fourth-order valence-electron chi connectivity index (χ4n) is 3.22. The highest BCUT2D eigenvalue weighted by molar-refractivity contribution is 7.99. The van der Waals surface area contributed by atoms with E-state index in [0.717, 1.165) is 22.4 Å². The lowest BCUT2D eigenvalue weighted by molar-refractivity contribution is 0.102. The summed E-state index contributed by atoms with van der Waals surface area (Å²) in [6, 6.07) is 13.9. The van der Waals surface area contributed by atoms with E-state index >= 15 is 0 Å². The predicted molar refractivity (Wildman–Crippen MR) is 117 cm³/mol. The van der Waals surface area contributed by atoms with Gasteiger partial charge in [-0.2, -0.15) is 0 Å². The Bertz CT molecular complexity index is 1180. The fourth-order valence-corrected chi connectivity index (χ4v) is 4.06. The van der Waals surface area contributed by atoms with E-state index in [-0.39, 0.29) is 23.4 Å². The van der Waals surface area contributed by atoms with Gasteiger partial charge in [0.05, 0.1) is 11.8 Å². The zero-order chi connectivity index (χ0) is 21.3. The summed E-state index contributed by atoms with van der Waals surface area (Å²) in [5.41, 5.74) is 2.35. The molecule has 0 saturated heterocycles. The van der Waals surface area contributed by atoms with Crippen LogP contribution in [-0.4, -0.2) is 50.3 Å². The summed E-state index contributed by atoms with van der Waals surface area (Å²) < 4.78 is 15.3. The average Bonchev–Trinajstić information content (AvgIpc) is 3.36. The zero-order valence-corrected chi connectivity index (χ0v) is 17.8. The van der Waals surface area contributed by atoms with Crippen LogP contribution < -0.4 is 0 Å². The van der Waals surface area contributed by atoms with Gasteiger partial charge in [0.2, 0.25) is 0 Å². The molecule has 4 rings (SSSR count). The van der Waals surface area contributed by atoms with Crippen molar-refractivity contribution in [3.05, 3.63) is 71.9 Å². The molecule has 0 radical (unpaired) electrons. The number of thioether (sulfide) groups is 1. The third kappa shape index (κ3) is 3.88. The molecule has 0 spiro atoms. The number of H-pyrrole nitrogens is 1. The van der Waals surface area contributed by atoms with Crippen LogP contribution in [0.3, 0.4) is 0 Å². The highest BCUT2D eigenvalue weighted by Crippen LogP contribution is 2.28.